The van der Waals surface area contributed by atoms with Gasteiger partial charge in [-0.25, -0.2) is 19.3 Å². The molecule has 2 aromatic heterocycles. The molecule has 0 spiro atoms. The van der Waals surface area contributed by atoms with E-state index in [0.29, 0.717) is 29.7 Å². The fourth-order valence-electron chi connectivity index (χ4n) is 3.91. The number of rotatable bonds is 8. The molecule has 3 heterocycles. The number of anilines is 2. The number of carbonyl (C=O) groups is 1. The molecule has 0 saturated carbocycles. The van der Waals surface area contributed by atoms with Crippen LogP contribution in [0.4, 0.5) is 15.9 Å². The van der Waals surface area contributed by atoms with Crippen molar-refractivity contribution in [3.8, 4) is 29.1 Å². The van der Waals surface area contributed by atoms with Crippen molar-refractivity contribution in [3.63, 3.8) is 0 Å². The average Bonchev–Trinajstić information content (AvgIpc) is 2.91. The number of carbonyl (C=O) groups excluding carboxylic acids is 1. The Labute approximate surface area is 213 Å². The number of pyridine rings is 1. The molecule has 0 bridgehead atoms. The van der Waals surface area contributed by atoms with Gasteiger partial charge >= 0.3 is 0 Å². The Bertz CT molecular complexity index is 1280. The fourth-order valence-corrected chi connectivity index (χ4v) is 3.91. The number of alkyl halides is 1. The number of hydrogen-bond donors (Lipinski definition) is 2. The molecule has 0 unspecified atom stereocenters. The van der Waals surface area contributed by atoms with Gasteiger partial charge in [0.05, 0.1) is 30.6 Å². The number of ether oxygens (including phenoxy) is 2. The summed E-state index contributed by atoms with van der Waals surface area (Å²) in [6.07, 6.45) is 0.0161. The first-order chi connectivity index (χ1) is 17.9. The number of nitriles is 1. The number of nitrogens with zero attached hydrogens (tertiary/aromatic N) is 5. The van der Waals surface area contributed by atoms with Gasteiger partial charge in [0.2, 0.25) is 5.88 Å². The Hall–Kier alpha value is -4.30. The summed E-state index contributed by atoms with van der Waals surface area (Å²) in [6, 6.07) is 12.2. The second kappa shape index (κ2) is 11.6. The van der Waals surface area contributed by atoms with Gasteiger partial charge in [0.25, 0.3) is 5.91 Å². The van der Waals surface area contributed by atoms with Crippen LogP contribution in [0.2, 0.25) is 0 Å². The van der Waals surface area contributed by atoms with Crippen molar-refractivity contribution in [2.75, 3.05) is 25.0 Å². The smallest absolute Gasteiger partial charge is 0.251 e. The lowest BCUT2D eigenvalue weighted by Gasteiger charge is -2.35. The van der Waals surface area contributed by atoms with E-state index in [1.165, 1.54) is 11.8 Å². The van der Waals surface area contributed by atoms with Gasteiger partial charge in [-0.3, -0.25) is 4.79 Å². The highest BCUT2D eigenvalue weighted by Crippen LogP contribution is 2.29. The maximum atomic E-state index is 14.7. The van der Waals surface area contributed by atoms with Gasteiger partial charge in [-0.2, -0.15) is 5.26 Å². The Kier molecular flexibility index (Phi) is 8.10. The van der Waals surface area contributed by atoms with Gasteiger partial charge in [-0.05, 0) is 44.2 Å². The normalized spacial score (nSPS) is 18.0. The van der Waals surface area contributed by atoms with E-state index in [4.69, 9.17) is 9.47 Å². The molecule has 1 aromatic carbocycles. The minimum Gasteiger partial charge on any atom is -0.486 e. The van der Waals surface area contributed by atoms with E-state index in [1.54, 1.807) is 42.7 Å². The van der Waals surface area contributed by atoms with Crippen LogP contribution in [-0.4, -0.2) is 68.9 Å². The highest BCUT2D eigenvalue weighted by Gasteiger charge is 2.34. The number of nitrogens with one attached hydrogen (secondary N) is 1. The van der Waals surface area contributed by atoms with Crippen molar-refractivity contribution in [3.05, 3.63) is 54.4 Å². The lowest BCUT2D eigenvalue weighted by molar-refractivity contribution is -0.143. The van der Waals surface area contributed by atoms with Crippen molar-refractivity contribution in [2.24, 2.45) is 0 Å². The number of hydrogen-bond acceptors (Lipinski definition) is 9. The van der Waals surface area contributed by atoms with E-state index < -0.39 is 24.3 Å². The van der Waals surface area contributed by atoms with Crippen LogP contribution >= 0.6 is 0 Å². The molecule has 0 aliphatic carbocycles. The largest absolute Gasteiger partial charge is 0.486 e. The van der Waals surface area contributed by atoms with Crippen molar-refractivity contribution < 1.29 is 23.8 Å². The molecule has 2 N–H and O–H groups in total. The third kappa shape index (κ3) is 6.29. The van der Waals surface area contributed by atoms with Gasteiger partial charge in [0, 0.05) is 30.8 Å². The third-order valence-corrected chi connectivity index (χ3v) is 5.74. The molecule has 1 fully saturated rings. The highest BCUT2D eigenvalue weighted by molar-refractivity contribution is 5.80. The molecule has 3 aromatic rings. The van der Waals surface area contributed by atoms with Crippen LogP contribution in [0, 0.1) is 11.3 Å². The SMILES string of the molecule is CCOc1ccc(Nc2ccnc(-c3ccc(O[C@H]4CCN(C(=O)[C@H](C)O)C[C@H]4F)c(C#N)c3)n2)cn1. The maximum Gasteiger partial charge on any atom is 0.251 e. The predicted octanol–water partition coefficient (Wildman–Crippen LogP) is 3.25. The van der Waals surface area contributed by atoms with Crippen molar-refractivity contribution in [1.29, 1.82) is 5.26 Å². The van der Waals surface area contributed by atoms with Gasteiger partial charge < -0.3 is 24.8 Å². The number of amides is 1. The monoisotopic (exact) mass is 506 g/mol. The molecule has 192 valence electrons. The molecule has 37 heavy (non-hydrogen) atoms. The fraction of sp³-hybridized carbons (Fsp3) is 0.346. The van der Waals surface area contributed by atoms with Gasteiger partial charge in [0.15, 0.2) is 12.0 Å². The first kappa shape index (κ1) is 25.8. The molecule has 1 saturated heterocycles. The predicted molar refractivity (Wildman–Crippen MR) is 133 cm³/mol. The van der Waals surface area contributed by atoms with E-state index >= 15 is 0 Å². The van der Waals surface area contributed by atoms with Crippen LogP contribution in [0.15, 0.2) is 48.8 Å². The number of aromatic nitrogens is 3. The molecule has 11 heteroatoms. The van der Waals surface area contributed by atoms with E-state index in [9.17, 15) is 19.6 Å². The zero-order valence-corrected chi connectivity index (χ0v) is 20.5. The van der Waals surface area contributed by atoms with E-state index in [1.807, 2.05) is 13.0 Å². The zero-order valence-electron chi connectivity index (χ0n) is 20.5. The minimum absolute atomic E-state index is 0.175. The lowest BCUT2D eigenvalue weighted by Crippen LogP contribution is -2.51. The standard InChI is InChI=1S/C26H27FN6O4/c1-3-36-24-7-5-19(14-30-24)31-23-8-10-29-25(32-23)17-4-6-21(18(12-17)13-28)37-22-9-11-33(15-20(22)27)26(35)16(2)34/h4-8,10,12,14,16,20,22,34H,3,9,11,15H2,1-2H3,(H,29,31,32)/t16-,20+,22-/m0/s1. The molecule has 0 radical (unpaired) electrons. The second-order valence-corrected chi connectivity index (χ2v) is 8.45. The average molecular weight is 507 g/mol. The number of aliphatic hydroxyl groups is 1. The Morgan fingerprint density at radius 2 is 2.16 bits per heavy atom. The van der Waals surface area contributed by atoms with Gasteiger partial charge in [0.1, 0.15) is 29.8 Å². The first-order valence-corrected chi connectivity index (χ1v) is 11.9. The topological polar surface area (TPSA) is 133 Å². The zero-order chi connectivity index (χ0) is 26.4. The molecule has 3 atom stereocenters. The number of piperidine rings is 1. The van der Waals surface area contributed by atoms with Gasteiger partial charge in [-0.15, -0.1) is 0 Å². The summed E-state index contributed by atoms with van der Waals surface area (Å²) < 4.78 is 25.9. The van der Waals surface area contributed by atoms with Crippen LogP contribution in [-0.2, 0) is 4.79 Å². The lowest BCUT2D eigenvalue weighted by atomic mass is 10.0. The Morgan fingerprint density at radius 3 is 2.84 bits per heavy atom. The summed E-state index contributed by atoms with van der Waals surface area (Å²) >= 11 is 0. The van der Waals surface area contributed by atoms with Crippen molar-refractivity contribution >= 4 is 17.4 Å². The summed E-state index contributed by atoms with van der Waals surface area (Å²) in [5.74, 6) is 1.18. The number of likely N-dealkylation sites (tertiary alicyclic amines) is 1. The maximum absolute atomic E-state index is 14.7. The van der Waals surface area contributed by atoms with E-state index in [2.05, 4.69) is 26.3 Å². The van der Waals surface area contributed by atoms with Crippen LogP contribution in [0.25, 0.3) is 11.4 Å². The second-order valence-electron chi connectivity index (χ2n) is 8.45. The summed E-state index contributed by atoms with van der Waals surface area (Å²) in [4.78, 5) is 26.3. The van der Waals surface area contributed by atoms with Crippen molar-refractivity contribution in [1.82, 2.24) is 19.9 Å². The number of aliphatic hydroxyl groups excluding tert-OH is 1. The summed E-state index contributed by atoms with van der Waals surface area (Å²) in [6.45, 7) is 3.85. The van der Waals surface area contributed by atoms with Crippen LogP contribution in [0.3, 0.4) is 0 Å². The van der Waals surface area contributed by atoms with Crippen LogP contribution in [0.1, 0.15) is 25.8 Å². The molecule has 1 aliphatic rings. The molecular formula is C26H27FN6O4. The number of halogens is 1. The first-order valence-electron chi connectivity index (χ1n) is 11.9. The third-order valence-electron chi connectivity index (χ3n) is 5.74. The van der Waals surface area contributed by atoms with Crippen LogP contribution < -0.4 is 14.8 Å². The summed E-state index contributed by atoms with van der Waals surface area (Å²) in [7, 11) is 0. The molecular weight excluding hydrogens is 479 g/mol. The van der Waals surface area contributed by atoms with Crippen LogP contribution in [0.5, 0.6) is 11.6 Å². The van der Waals surface area contributed by atoms with E-state index in [0.717, 1.165) is 5.69 Å². The molecule has 10 nitrogen and oxygen atoms in total. The molecule has 1 amide bonds. The number of benzene rings is 1. The van der Waals surface area contributed by atoms with E-state index in [-0.39, 0.29) is 30.8 Å². The van der Waals surface area contributed by atoms with Crippen molar-refractivity contribution in [2.45, 2.75) is 38.6 Å². The highest BCUT2D eigenvalue weighted by atomic mass is 19.1. The van der Waals surface area contributed by atoms with Gasteiger partial charge in [-0.1, -0.05) is 0 Å². The molecule has 4 rings (SSSR count). The Balaban J connectivity index is 1.46. The summed E-state index contributed by atoms with van der Waals surface area (Å²) in [5.41, 5.74) is 1.52. The quantitative estimate of drug-likeness (QED) is 0.472. The minimum atomic E-state index is -1.45. The molecule has 1 aliphatic heterocycles. The Morgan fingerprint density at radius 1 is 1.32 bits per heavy atom. The summed E-state index contributed by atoms with van der Waals surface area (Å²) in [5, 5.41) is 22.3.